The molecule has 1 heterocycles. The standard InChI is InChI=1S/C20H33N5O2.HI/c1-16-7-5-8-17(15-16)23-18(21)22-9-6-10-24-11-13-25(14-12-24)19(26)27-20(2,3)4;/h5,7-8,15H,6,9-14H2,1-4H3,(H3,21,22,23);1H. The van der Waals surface area contributed by atoms with Crippen molar-refractivity contribution in [1.82, 2.24) is 9.80 Å². The molecule has 0 saturated carbocycles. The summed E-state index contributed by atoms with van der Waals surface area (Å²) in [5.41, 5.74) is 7.63. The number of ether oxygens (including phenoxy) is 1. The summed E-state index contributed by atoms with van der Waals surface area (Å²) >= 11 is 0. The van der Waals surface area contributed by atoms with Crippen molar-refractivity contribution in [3.05, 3.63) is 29.8 Å². The van der Waals surface area contributed by atoms with Gasteiger partial charge in [0.15, 0.2) is 5.96 Å². The number of nitrogens with zero attached hydrogens (tertiary/aromatic N) is 3. The number of amides is 1. The molecule has 0 atom stereocenters. The van der Waals surface area contributed by atoms with Gasteiger partial charge in [-0.25, -0.2) is 4.79 Å². The third-order valence-electron chi connectivity index (χ3n) is 4.23. The molecular formula is C20H34IN5O2. The lowest BCUT2D eigenvalue weighted by Crippen LogP contribution is -2.50. The number of aryl methyl sites for hydroxylation is 1. The Balaban J connectivity index is 0.00000392. The first-order valence-electron chi connectivity index (χ1n) is 9.57. The normalized spacial score (nSPS) is 15.7. The van der Waals surface area contributed by atoms with Crippen molar-refractivity contribution in [2.24, 2.45) is 10.7 Å². The summed E-state index contributed by atoms with van der Waals surface area (Å²) in [6, 6.07) is 8.04. The Morgan fingerprint density at radius 3 is 2.54 bits per heavy atom. The van der Waals surface area contributed by atoms with Crippen molar-refractivity contribution in [3.63, 3.8) is 0 Å². The van der Waals surface area contributed by atoms with Crippen LogP contribution in [0.1, 0.15) is 32.8 Å². The van der Waals surface area contributed by atoms with Crippen molar-refractivity contribution < 1.29 is 9.53 Å². The minimum Gasteiger partial charge on any atom is -0.444 e. The van der Waals surface area contributed by atoms with Gasteiger partial charge in [0.2, 0.25) is 0 Å². The Hall–Kier alpha value is -1.55. The Morgan fingerprint density at radius 1 is 1.25 bits per heavy atom. The Labute approximate surface area is 185 Å². The molecule has 0 aliphatic carbocycles. The van der Waals surface area contributed by atoms with Gasteiger partial charge >= 0.3 is 6.09 Å². The molecule has 0 unspecified atom stereocenters. The lowest BCUT2D eigenvalue weighted by molar-refractivity contribution is 0.0145. The molecule has 0 spiro atoms. The fourth-order valence-corrected chi connectivity index (χ4v) is 2.88. The first-order valence-corrected chi connectivity index (χ1v) is 9.57. The summed E-state index contributed by atoms with van der Waals surface area (Å²) in [4.78, 5) is 20.6. The van der Waals surface area contributed by atoms with Crippen LogP contribution in [-0.4, -0.2) is 66.7 Å². The van der Waals surface area contributed by atoms with Gasteiger partial charge in [0, 0.05) is 45.0 Å². The zero-order valence-corrected chi connectivity index (χ0v) is 19.7. The number of nitrogens with one attached hydrogen (secondary N) is 1. The van der Waals surface area contributed by atoms with Gasteiger partial charge in [-0.3, -0.25) is 9.89 Å². The van der Waals surface area contributed by atoms with E-state index in [4.69, 9.17) is 10.5 Å². The van der Waals surface area contributed by atoms with Crippen LogP contribution in [-0.2, 0) is 4.74 Å². The molecule has 1 aliphatic heterocycles. The van der Waals surface area contributed by atoms with E-state index in [1.807, 2.05) is 52.0 Å². The smallest absolute Gasteiger partial charge is 0.410 e. The second kappa shape index (κ2) is 11.5. The molecule has 1 aromatic rings. The number of carbonyl (C=O) groups excluding carboxylic acids is 1. The predicted molar refractivity (Wildman–Crippen MR) is 126 cm³/mol. The maximum Gasteiger partial charge on any atom is 0.410 e. The largest absolute Gasteiger partial charge is 0.444 e. The number of anilines is 1. The van der Waals surface area contributed by atoms with Gasteiger partial charge in [-0.05, 0) is 51.8 Å². The number of hydrogen-bond acceptors (Lipinski definition) is 4. The Bertz CT molecular complexity index is 652. The van der Waals surface area contributed by atoms with E-state index in [-0.39, 0.29) is 30.1 Å². The van der Waals surface area contributed by atoms with Gasteiger partial charge in [0.25, 0.3) is 0 Å². The summed E-state index contributed by atoms with van der Waals surface area (Å²) in [5, 5.41) is 3.11. The molecule has 0 aromatic heterocycles. The number of benzene rings is 1. The highest BCUT2D eigenvalue weighted by atomic mass is 127. The quantitative estimate of drug-likeness (QED) is 0.279. The molecule has 158 valence electrons. The molecule has 8 heteroatoms. The number of guanidine groups is 1. The van der Waals surface area contributed by atoms with Gasteiger partial charge in [0.1, 0.15) is 5.60 Å². The van der Waals surface area contributed by atoms with Gasteiger partial charge in [-0.15, -0.1) is 24.0 Å². The third kappa shape index (κ3) is 9.09. The molecule has 2 rings (SSSR count). The van der Waals surface area contributed by atoms with Crippen LogP contribution in [0.4, 0.5) is 10.5 Å². The predicted octanol–water partition coefficient (Wildman–Crippen LogP) is 3.28. The molecule has 1 saturated heterocycles. The highest BCUT2D eigenvalue weighted by Gasteiger charge is 2.25. The molecule has 1 aliphatic rings. The molecule has 1 fully saturated rings. The zero-order chi connectivity index (χ0) is 19.9. The number of aliphatic imine (C=N–C) groups is 1. The van der Waals surface area contributed by atoms with Gasteiger partial charge in [-0.2, -0.15) is 0 Å². The fraction of sp³-hybridized carbons (Fsp3) is 0.600. The van der Waals surface area contributed by atoms with Gasteiger partial charge in [0.05, 0.1) is 0 Å². The van der Waals surface area contributed by atoms with E-state index in [1.165, 1.54) is 5.56 Å². The van der Waals surface area contributed by atoms with E-state index in [0.29, 0.717) is 25.6 Å². The molecular weight excluding hydrogens is 469 g/mol. The molecule has 0 radical (unpaired) electrons. The van der Waals surface area contributed by atoms with E-state index in [1.54, 1.807) is 4.90 Å². The maximum absolute atomic E-state index is 12.1. The van der Waals surface area contributed by atoms with Gasteiger partial charge < -0.3 is 20.7 Å². The average Bonchev–Trinajstić information content (AvgIpc) is 2.58. The second-order valence-electron chi connectivity index (χ2n) is 7.92. The van der Waals surface area contributed by atoms with Crippen LogP contribution in [0.3, 0.4) is 0 Å². The lowest BCUT2D eigenvalue weighted by Gasteiger charge is -2.35. The minimum absolute atomic E-state index is 0. The topological polar surface area (TPSA) is 83.2 Å². The van der Waals surface area contributed by atoms with E-state index in [9.17, 15) is 4.79 Å². The summed E-state index contributed by atoms with van der Waals surface area (Å²) in [6.45, 7) is 12.5. The number of carbonyl (C=O) groups is 1. The summed E-state index contributed by atoms with van der Waals surface area (Å²) in [7, 11) is 0. The molecule has 7 nitrogen and oxygen atoms in total. The van der Waals surface area contributed by atoms with Crippen LogP contribution in [0, 0.1) is 6.92 Å². The zero-order valence-electron chi connectivity index (χ0n) is 17.4. The van der Waals surface area contributed by atoms with Crippen LogP contribution >= 0.6 is 24.0 Å². The lowest BCUT2D eigenvalue weighted by atomic mass is 10.2. The SMILES string of the molecule is Cc1cccc(NC(N)=NCCCN2CCN(C(=O)OC(C)(C)C)CC2)c1.I. The first kappa shape index (κ1) is 24.5. The summed E-state index contributed by atoms with van der Waals surface area (Å²) in [5.74, 6) is 0.440. The van der Waals surface area contributed by atoms with E-state index >= 15 is 0 Å². The van der Waals surface area contributed by atoms with Crippen molar-refractivity contribution in [1.29, 1.82) is 0 Å². The molecule has 28 heavy (non-hydrogen) atoms. The highest BCUT2D eigenvalue weighted by molar-refractivity contribution is 14.0. The number of hydrogen-bond donors (Lipinski definition) is 2. The van der Waals surface area contributed by atoms with Crippen molar-refractivity contribution in [2.45, 2.75) is 39.7 Å². The van der Waals surface area contributed by atoms with Crippen molar-refractivity contribution >= 4 is 41.7 Å². The number of halogens is 1. The van der Waals surface area contributed by atoms with Gasteiger partial charge in [-0.1, -0.05) is 12.1 Å². The maximum atomic E-state index is 12.1. The number of rotatable bonds is 5. The minimum atomic E-state index is -0.446. The molecule has 1 aromatic carbocycles. The Kier molecular flexibility index (Phi) is 10.0. The third-order valence-corrected chi connectivity index (χ3v) is 4.23. The monoisotopic (exact) mass is 503 g/mol. The molecule has 1 amide bonds. The number of nitrogens with two attached hydrogens (primary N) is 1. The summed E-state index contributed by atoms with van der Waals surface area (Å²) in [6.07, 6.45) is 0.713. The molecule has 3 N–H and O–H groups in total. The van der Waals surface area contributed by atoms with Crippen LogP contribution < -0.4 is 11.1 Å². The fourth-order valence-electron chi connectivity index (χ4n) is 2.88. The molecule has 0 bridgehead atoms. The average molecular weight is 503 g/mol. The van der Waals surface area contributed by atoms with Crippen LogP contribution in [0.2, 0.25) is 0 Å². The van der Waals surface area contributed by atoms with E-state index in [2.05, 4.69) is 15.2 Å². The first-order chi connectivity index (χ1) is 12.7. The van der Waals surface area contributed by atoms with Crippen LogP contribution in [0.15, 0.2) is 29.3 Å². The van der Waals surface area contributed by atoms with Crippen molar-refractivity contribution in [2.75, 3.05) is 44.6 Å². The number of piperazine rings is 1. The highest BCUT2D eigenvalue weighted by Crippen LogP contribution is 2.12. The Morgan fingerprint density at radius 2 is 1.93 bits per heavy atom. The van der Waals surface area contributed by atoms with Crippen LogP contribution in [0.25, 0.3) is 0 Å². The van der Waals surface area contributed by atoms with E-state index in [0.717, 1.165) is 31.7 Å². The second-order valence-corrected chi connectivity index (χ2v) is 7.92. The van der Waals surface area contributed by atoms with E-state index < -0.39 is 5.60 Å². The van der Waals surface area contributed by atoms with Crippen LogP contribution in [0.5, 0.6) is 0 Å². The van der Waals surface area contributed by atoms with Crippen molar-refractivity contribution in [3.8, 4) is 0 Å². The summed E-state index contributed by atoms with van der Waals surface area (Å²) < 4.78 is 5.42.